The number of primary amides is 1. The summed E-state index contributed by atoms with van der Waals surface area (Å²) >= 11 is 0. The molecule has 1 rings (SSSR count). The summed E-state index contributed by atoms with van der Waals surface area (Å²) in [5, 5.41) is 11.5. The van der Waals surface area contributed by atoms with E-state index in [0.717, 1.165) is 0 Å². The first-order valence-corrected chi connectivity index (χ1v) is 5.49. The van der Waals surface area contributed by atoms with Gasteiger partial charge in [-0.3, -0.25) is 14.4 Å². The zero-order chi connectivity index (χ0) is 13.4. The minimum Gasteiger partial charge on any atom is -0.481 e. The van der Waals surface area contributed by atoms with Crippen molar-refractivity contribution < 1.29 is 19.5 Å². The quantitative estimate of drug-likeness (QED) is 0.616. The number of amides is 2. The van der Waals surface area contributed by atoms with Gasteiger partial charge in [0, 0.05) is 12.5 Å². The van der Waals surface area contributed by atoms with Gasteiger partial charge in [0.25, 0.3) is 0 Å². The molecule has 17 heavy (non-hydrogen) atoms. The van der Waals surface area contributed by atoms with Gasteiger partial charge in [0.15, 0.2) is 0 Å². The highest BCUT2D eigenvalue weighted by Gasteiger charge is 2.65. The van der Waals surface area contributed by atoms with Gasteiger partial charge in [-0.2, -0.15) is 0 Å². The Morgan fingerprint density at radius 2 is 1.88 bits per heavy atom. The molecule has 0 aliphatic heterocycles. The molecule has 0 aromatic carbocycles. The third-order valence-corrected chi connectivity index (χ3v) is 3.27. The van der Waals surface area contributed by atoms with Crippen molar-refractivity contribution in [1.82, 2.24) is 5.32 Å². The third-order valence-electron chi connectivity index (χ3n) is 3.27. The molecule has 0 aromatic rings. The molecule has 1 aliphatic rings. The van der Waals surface area contributed by atoms with E-state index in [-0.39, 0.29) is 18.4 Å². The first-order valence-electron chi connectivity index (χ1n) is 5.49. The molecule has 0 heterocycles. The van der Waals surface area contributed by atoms with Crippen molar-refractivity contribution in [2.75, 3.05) is 0 Å². The number of hydrogen-bond donors (Lipinski definition) is 3. The highest BCUT2D eigenvalue weighted by atomic mass is 16.4. The van der Waals surface area contributed by atoms with Crippen LogP contribution in [0.15, 0.2) is 0 Å². The van der Waals surface area contributed by atoms with Crippen LogP contribution in [-0.2, 0) is 14.4 Å². The van der Waals surface area contributed by atoms with Crippen molar-refractivity contribution in [3.63, 3.8) is 0 Å². The van der Waals surface area contributed by atoms with Crippen LogP contribution in [0.25, 0.3) is 0 Å². The Labute approximate surface area is 99.6 Å². The van der Waals surface area contributed by atoms with Crippen molar-refractivity contribution >= 4 is 17.8 Å². The minimum absolute atomic E-state index is 0.0522. The molecule has 0 aromatic heterocycles. The molecule has 6 heteroatoms. The fourth-order valence-corrected chi connectivity index (χ4v) is 2.27. The Hall–Kier alpha value is -1.59. The van der Waals surface area contributed by atoms with Crippen LogP contribution in [-0.4, -0.2) is 28.9 Å². The number of rotatable bonds is 5. The molecular weight excluding hydrogens is 224 g/mol. The highest BCUT2D eigenvalue weighted by molar-refractivity contribution is 5.92. The molecule has 3 atom stereocenters. The standard InChI is InChI=1S/C11H18N2O4/c1-5(4-6(12)14)13-9(15)7-8(10(16)17)11(7,2)3/h5,7-8H,4H2,1-3H3,(H2,12,14)(H,13,15)(H,16,17)/t5?,7-,8+/m1/s1. The number of nitrogens with two attached hydrogens (primary N) is 1. The SMILES string of the molecule is CC(CC(N)=O)NC(=O)[C@H]1[C@@H](C(=O)O)C1(C)C. The molecule has 96 valence electrons. The normalized spacial score (nSPS) is 27.0. The first-order chi connectivity index (χ1) is 7.67. The van der Waals surface area contributed by atoms with Crippen LogP contribution in [0, 0.1) is 17.3 Å². The zero-order valence-corrected chi connectivity index (χ0v) is 10.2. The Balaban J connectivity index is 2.56. The molecule has 1 fully saturated rings. The van der Waals surface area contributed by atoms with E-state index in [2.05, 4.69) is 5.32 Å². The van der Waals surface area contributed by atoms with E-state index >= 15 is 0 Å². The van der Waals surface area contributed by atoms with E-state index < -0.39 is 29.1 Å². The largest absolute Gasteiger partial charge is 0.481 e. The minimum atomic E-state index is -0.960. The summed E-state index contributed by atoms with van der Waals surface area (Å²) in [6.07, 6.45) is 0.0522. The predicted octanol–water partition coefficient (Wildman–Crippen LogP) is -0.277. The number of carboxylic acid groups (broad SMARTS) is 1. The van der Waals surface area contributed by atoms with Crippen LogP contribution in [0.5, 0.6) is 0 Å². The Bertz CT molecular complexity index is 364. The zero-order valence-electron chi connectivity index (χ0n) is 10.2. The first kappa shape index (κ1) is 13.5. The average molecular weight is 242 g/mol. The summed E-state index contributed by atoms with van der Waals surface area (Å²) in [5.41, 5.74) is 4.48. The van der Waals surface area contributed by atoms with Crippen LogP contribution in [0.2, 0.25) is 0 Å². The molecule has 0 saturated heterocycles. The molecule has 1 saturated carbocycles. The summed E-state index contributed by atoms with van der Waals surface area (Å²) in [6.45, 7) is 5.15. The van der Waals surface area contributed by atoms with Gasteiger partial charge in [-0.05, 0) is 12.3 Å². The second-order valence-electron chi connectivity index (χ2n) is 5.20. The molecule has 0 bridgehead atoms. The van der Waals surface area contributed by atoms with Gasteiger partial charge < -0.3 is 16.2 Å². The van der Waals surface area contributed by atoms with E-state index in [1.54, 1.807) is 20.8 Å². The van der Waals surface area contributed by atoms with E-state index in [1.807, 2.05) is 0 Å². The van der Waals surface area contributed by atoms with Crippen LogP contribution < -0.4 is 11.1 Å². The van der Waals surface area contributed by atoms with Crippen LogP contribution in [0.3, 0.4) is 0 Å². The van der Waals surface area contributed by atoms with Crippen LogP contribution >= 0.6 is 0 Å². The number of hydrogen-bond acceptors (Lipinski definition) is 3. The maximum atomic E-state index is 11.8. The molecule has 0 spiro atoms. The molecule has 1 aliphatic carbocycles. The molecular formula is C11H18N2O4. The van der Waals surface area contributed by atoms with E-state index in [0.29, 0.717) is 0 Å². The van der Waals surface area contributed by atoms with Crippen molar-refractivity contribution in [2.45, 2.75) is 33.2 Å². The summed E-state index contributed by atoms with van der Waals surface area (Å²) in [4.78, 5) is 33.4. The number of carboxylic acids is 1. The average Bonchev–Trinajstić information content (AvgIpc) is 2.66. The fourth-order valence-electron chi connectivity index (χ4n) is 2.27. The second-order valence-corrected chi connectivity index (χ2v) is 5.20. The molecule has 6 nitrogen and oxygen atoms in total. The Kier molecular flexibility index (Phi) is 3.45. The predicted molar refractivity (Wildman–Crippen MR) is 59.8 cm³/mol. The van der Waals surface area contributed by atoms with Crippen molar-refractivity contribution in [3.05, 3.63) is 0 Å². The third kappa shape index (κ3) is 2.75. The smallest absolute Gasteiger partial charge is 0.307 e. The second kappa shape index (κ2) is 4.35. The summed E-state index contributed by atoms with van der Waals surface area (Å²) in [6, 6.07) is -0.370. The Morgan fingerprint density at radius 1 is 1.35 bits per heavy atom. The lowest BCUT2D eigenvalue weighted by Gasteiger charge is -2.12. The van der Waals surface area contributed by atoms with Gasteiger partial charge >= 0.3 is 5.97 Å². The van der Waals surface area contributed by atoms with E-state index in [1.165, 1.54) is 0 Å². The summed E-state index contributed by atoms with van der Waals surface area (Å²) < 4.78 is 0. The molecule has 2 amide bonds. The molecule has 4 N–H and O–H groups in total. The van der Waals surface area contributed by atoms with Gasteiger partial charge in [0.1, 0.15) is 0 Å². The summed E-state index contributed by atoms with van der Waals surface area (Å²) in [7, 11) is 0. The van der Waals surface area contributed by atoms with Crippen LogP contribution in [0.4, 0.5) is 0 Å². The maximum absolute atomic E-state index is 11.8. The van der Waals surface area contributed by atoms with Crippen LogP contribution in [0.1, 0.15) is 27.2 Å². The topological polar surface area (TPSA) is 109 Å². The van der Waals surface area contributed by atoms with E-state index in [9.17, 15) is 14.4 Å². The number of nitrogens with one attached hydrogen (secondary N) is 1. The van der Waals surface area contributed by atoms with Gasteiger partial charge in [0.05, 0.1) is 11.8 Å². The lowest BCUT2D eigenvalue weighted by Crippen LogP contribution is -2.37. The highest BCUT2D eigenvalue weighted by Crippen LogP contribution is 2.58. The maximum Gasteiger partial charge on any atom is 0.307 e. The van der Waals surface area contributed by atoms with Crippen molar-refractivity contribution in [2.24, 2.45) is 23.0 Å². The van der Waals surface area contributed by atoms with E-state index in [4.69, 9.17) is 10.8 Å². The van der Waals surface area contributed by atoms with Gasteiger partial charge in [-0.1, -0.05) is 13.8 Å². The van der Waals surface area contributed by atoms with Crippen molar-refractivity contribution in [1.29, 1.82) is 0 Å². The lowest BCUT2D eigenvalue weighted by atomic mass is 10.1. The molecule has 1 unspecified atom stereocenters. The van der Waals surface area contributed by atoms with Gasteiger partial charge in [-0.15, -0.1) is 0 Å². The van der Waals surface area contributed by atoms with Gasteiger partial charge in [0.2, 0.25) is 11.8 Å². The fraction of sp³-hybridized carbons (Fsp3) is 0.727. The number of aliphatic carboxylic acids is 1. The Morgan fingerprint density at radius 3 is 2.24 bits per heavy atom. The van der Waals surface area contributed by atoms with Gasteiger partial charge in [-0.25, -0.2) is 0 Å². The summed E-state index contributed by atoms with van der Waals surface area (Å²) in [5.74, 6) is -2.96. The molecule has 0 radical (unpaired) electrons. The number of carbonyl (C=O) groups excluding carboxylic acids is 2. The monoisotopic (exact) mass is 242 g/mol. The number of carbonyl (C=O) groups is 3. The van der Waals surface area contributed by atoms with Crippen molar-refractivity contribution in [3.8, 4) is 0 Å². The lowest BCUT2D eigenvalue weighted by molar-refractivity contribution is -0.140.